The van der Waals surface area contributed by atoms with Gasteiger partial charge in [0.15, 0.2) is 0 Å². The molecule has 0 radical (unpaired) electrons. The standard InChI is InChI=1S/C9H17NO3/c1-4-5-9(13-3)8(6-11)10-7(2)12/h4-5,8-9,11H,6H2,1-3H3,(H,10,12)/b5-4+/t8-,9+/m0/s1. The Morgan fingerprint density at radius 3 is 2.62 bits per heavy atom. The fourth-order valence-corrected chi connectivity index (χ4v) is 1.06. The molecule has 1 amide bonds. The summed E-state index contributed by atoms with van der Waals surface area (Å²) in [5.41, 5.74) is 0. The van der Waals surface area contributed by atoms with Crippen LogP contribution in [0, 0.1) is 0 Å². The second-order valence-corrected chi connectivity index (χ2v) is 2.72. The van der Waals surface area contributed by atoms with Crippen molar-refractivity contribution in [2.45, 2.75) is 26.0 Å². The number of ether oxygens (including phenoxy) is 1. The summed E-state index contributed by atoms with van der Waals surface area (Å²) in [4.78, 5) is 10.7. The lowest BCUT2D eigenvalue weighted by atomic mass is 10.1. The van der Waals surface area contributed by atoms with Gasteiger partial charge in [-0.05, 0) is 6.92 Å². The van der Waals surface area contributed by atoms with Crippen molar-refractivity contribution in [1.82, 2.24) is 5.32 Å². The number of carbonyl (C=O) groups excluding carboxylic acids is 1. The number of aliphatic hydroxyl groups excluding tert-OH is 1. The molecular weight excluding hydrogens is 170 g/mol. The maximum absolute atomic E-state index is 10.7. The Balaban J connectivity index is 4.24. The van der Waals surface area contributed by atoms with E-state index in [4.69, 9.17) is 9.84 Å². The van der Waals surface area contributed by atoms with Crippen molar-refractivity contribution in [3.05, 3.63) is 12.2 Å². The van der Waals surface area contributed by atoms with Crippen LogP contribution in [-0.2, 0) is 9.53 Å². The van der Waals surface area contributed by atoms with E-state index in [9.17, 15) is 4.79 Å². The molecule has 0 saturated carbocycles. The highest BCUT2D eigenvalue weighted by atomic mass is 16.5. The quantitative estimate of drug-likeness (QED) is 0.599. The Morgan fingerprint density at radius 1 is 1.69 bits per heavy atom. The number of amides is 1. The molecule has 13 heavy (non-hydrogen) atoms. The van der Waals surface area contributed by atoms with E-state index >= 15 is 0 Å². The van der Waals surface area contributed by atoms with Gasteiger partial charge in [0.2, 0.25) is 5.91 Å². The molecule has 0 aromatic rings. The molecule has 0 spiro atoms. The number of aliphatic hydroxyl groups is 1. The fourth-order valence-electron chi connectivity index (χ4n) is 1.06. The molecule has 0 aliphatic rings. The molecule has 0 fully saturated rings. The minimum Gasteiger partial charge on any atom is -0.394 e. The zero-order valence-electron chi connectivity index (χ0n) is 8.28. The molecule has 2 N–H and O–H groups in total. The van der Waals surface area contributed by atoms with Crippen molar-refractivity contribution in [2.75, 3.05) is 13.7 Å². The highest BCUT2D eigenvalue weighted by Gasteiger charge is 2.18. The fraction of sp³-hybridized carbons (Fsp3) is 0.667. The van der Waals surface area contributed by atoms with Crippen LogP contribution in [0.5, 0.6) is 0 Å². The van der Waals surface area contributed by atoms with Crippen molar-refractivity contribution in [2.24, 2.45) is 0 Å². The number of nitrogens with one attached hydrogen (secondary N) is 1. The van der Waals surface area contributed by atoms with Gasteiger partial charge in [-0.2, -0.15) is 0 Å². The smallest absolute Gasteiger partial charge is 0.217 e. The Labute approximate surface area is 78.6 Å². The highest BCUT2D eigenvalue weighted by molar-refractivity contribution is 5.73. The van der Waals surface area contributed by atoms with Crippen LogP contribution in [-0.4, -0.2) is 36.9 Å². The van der Waals surface area contributed by atoms with Gasteiger partial charge in [-0.15, -0.1) is 0 Å². The second kappa shape index (κ2) is 6.62. The third kappa shape index (κ3) is 4.65. The molecule has 4 heteroatoms. The van der Waals surface area contributed by atoms with E-state index in [-0.39, 0.29) is 24.7 Å². The number of allylic oxidation sites excluding steroid dienone is 1. The molecule has 0 aromatic heterocycles. The Morgan fingerprint density at radius 2 is 2.31 bits per heavy atom. The maximum atomic E-state index is 10.7. The van der Waals surface area contributed by atoms with Gasteiger partial charge in [-0.1, -0.05) is 12.2 Å². The molecule has 0 bridgehead atoms. The van der Waals surface area contributed by atoms with Gasteiger partial charge in [-0.25, -0.2) is 0 Å². The van der Waals surface area contributed by atoms with Gasteiger partial charge in [0.05, 0.1) is 18.8 Å². The molecule has 0 aliphatic heterocycles. The maximum Gasteiger partial charge on any atom is 0.217 e. The molecule has 4 nitrogen and oxygen atoms in total. The predicted molar refractivity (Wildman–Crippen MR) is 50.3 cm³/mol. The first-order valence-corrected chi connectivity index (χ1v) is 4.19. The Bertz CT molecular complexity index is 180. The van der Waals surface area contributed by atoms with E-state index in [1.165, 1.54) is 14.0 Å². The molecule has 0 rings (SSSR count). The van der Waals surface area contributed by atoms with Gasteiger partial charge in [0, 0.05) is 14.0 Å². The number of carbonyl (C=O) groups is 1. The lowest BCUT2D eigenvalue weighted by Crippen LogP contribution is -2.45. The van der Waals surface area contributed by atoms with E-state index in [1.54, 1.807) is 6.08 Å². The van der Waals surface area contributed by atoms with Gasteiger partial charge < -0.3 is 15.2 Å². The molecule has 0 saturated heterocycles. The second-order valence-electron chi connectivity index (χ2n) is 2.72. The van der Waals surface area contributed by atoms with Gasteiger partial charge >= 0.3 is 0 Å². The summed E-state index contributed by atoms with van der Waals surface area (Å²) in [6.07, 6.45) is 3.33. The first kappa shape index (κ1) is 12.1. The predicted octanol–water partition coefficient (Wildman–Crippen LogP) is 0.0745. The summed E-state index contributed by atoms with van der Waals surface area (Å²) in [5, 5.41) is 11.6. The molecule has 0 unspecified atom stereocenters. The zero-order valence-corrected chi connectivity index (χ0v) is 8.28. The van der Waals surface area contributed by atoms with Crippen molar-refractivity contribution < 1.29 is 14.6 Å². The van der Waals surface area contributed by atoms with Gasteiger partial charge in [0.1, 0.15) is 0 Å². The largest absolute Gasteiger partial charge is 0.394 e. The Kier molecular flexibility index (Phi) is 6.18. The number of hydrogen-bond donors (Lipinski definition) is 2. The van der Waals surface area contributed by atoms with Gasteiger partial charge in [-0.3, -0.25) is 4.79 Å². The Hall–Kier alpha value is -0.870. The lowest BCUT2D eigenvalue weighted by molar-refractivity contribution is -0.120. The van der Waals surface area contributed by atoms with E-state index in [1.807, 2.05) is 13.0 Å². The molecule has 76 valence electrons. The van der Waals surface area contributed by atoms with Crippen molar-refractivity contribution in [3.63, 3.8) is 0 Å². The topological polar surface area (TPSA) is 58.6 Å². The summed E-state index contributed by atoms with van der Waals surface area (Å²) in [7, 11) is 1.54. The summed E-state index contributed by atoms with van der Waals surface area (Å²) < 4.78 is 5.08. The average Bonchev–Trinajstić information content (AvgIpc) is 2.10. The summed E-state index contributed by atoms with van der Waals surface area (Å²) in [6, 6.07) is -0.376. The SMILES string of the molecule is C/C=C/[C@@H](OC)[C@H](CO)NC(C)=O. The monoisotopic (exact) mass is 187 g/mol. The van der Waals surface area contributed by atoms with E-state index in [0.29, 0.717) is 0 Å². The van der Waals surface area contributed by atoms with Crippen LogP contribution < -0.4 is 5.32 Å². The van der Waals surface area contributed by atoms with Gasteiger partial charge in [0.25, 0.3) is 0 Å². The van der Waals surface area contributed by atoms with E-state index < -0.39 is 0 Å². The molecule has 0 aromatic carbocycles. The van der Waals surface area contributed by atoms with Crippen LogP contribution in [0.25, 0.3) is 0 Å². The lowest BCUT2D eigenvalue weighted by Gasteiger charge is -2.21. The zero-order chi connectivity index (χ0) is 10.3. The third-order valence-electron chi connectivity index (χ3n) is 1.64. The third-order valence-corrected chi connectivity index (χ3v) is 1.64. The van der Waals surface area contributed by atoms with E-state index in [2.05, 4.69) is 5.32 Å². The van der Waals surface area contributed by atoms with Crippen LogP contribution >= 0.6 is 0 Å². The number of methoxy groups -OCH3 is 1. The molecule has 0 aliphatic carbocycles. The molecule has 2 atom stereocenters. The first-order chi connectivity index (χ1) is 6.15. The number of hydrogen-bond acceptors (Lipinski definition) is 3. The van der Waals surface area contributed by atoms with Crippen molar-refractivity contribution >= 4 is 5.91 Å². The first-order valence-electron chi connectivity index (χ1n) is 4.19. The summed E-state index contributed by atoms with van der Waals surface area (Å²) in [5.74, 6) is -0.175. The average molecular weight is 187 g/mol. The van der Waals surface area contributed by atoms with Crippen LogP contribution in [0.1, 0.15) is 13.8 Å². The van der Waals surface area contributed by atoms with Crippen molar-refractivity contribution in [1.29, 1.82) is 0 Å². The van der Waals surface area contributed by atoms with Crippen LogP contribution in [0.4, 0.5) is 0 Å². The molecular formula is C9H17NO3. The van der Waals surface area contributed by atoms with Crippen LogP contribution in [0.15, 0.2) is 12.2 Å². The summed E-state index contributed by atoms with van der Waals surface area (Å²) >= 11 is 0. The minimum atomic E-state index is -0.376. The minimum absolute atomic E-state index is 0.136. The molecule has 0 heterocycles. The number of rotatable bonds is 5. The van der Waals surface area contributed by atoms with E-state index in [0.717, 1.165) is 0 Å². The summed E-state index contributed by atoms with van der Waals surface area (Å²) in [6.45, 7) is 3.13. The van der Waals surface area contributed by atoms with Crippen LogP contribution in [0.3, 0.4) is 0 Å². The van der Waals surface area contributed by atoms with Crippen LogP contribution in [0.2, 0.25) is 0 Å². The highest BCUT2D eigenvalue weighted by Crippen LogP contribution is 2.00. The normalized spacial score (nSPS) is 15.7. The van der Waals surface area contributed by atoms with Crippen molar-refractivity contribution in [3.8, 4) is 0 Å².